The van der Waals surface area contributed by atoms with E-state index in [1.54, 1.807) is 19.2 Å². The number of ether oxygens (including phenoxy) is 2. The van der Waals surface area contributed by atoms with Crippen molar-refractivity contribution in [2.75, 3.05) is 6.61 Å². The van der Waals surface area contributed by atoms with Crippen LogP contribution >= 0.6 is 0 Å². The van der Waals surface area contributed by atoms with E-state index >= 15 is 0 Å². The van der Waals surface area contributed by atoms with E-state index in [0.717, 1.165) is 12.8 Å². The highest BCUT2D eigenvalue weighted by molar-refractivity contribution is 5.89. The number of hydrogen-bond donors (Lipinski definition) is 3. The number of carbonyl (C=O) groups is 2. The fourth-order valence-electron chi connectivity index (χ4n) is 2.90. The van der Waals surface area contributed by atoms with Crippen LogP contribution in [0.3, 0.4) is 0 Å². The molecule has 0 spiro atoms. The van der Waals surface area contributed by atoms with Gasteiger partial charge in [0, 0.05) is 18.9 Å². The molecule has 3 N–H and O–H groups in total. The molecule has 0 aromatic rings. The van der Waals surface area contributed by atoms with Gasteiger partial charge in [0.2, 0.25) is 5.91 Å². The Hall–Kier alpha value is -2.60. The van der Waals surface area contributed by atoms with Crippen molar-refractivity contribution in [2.24, 2.45) is 4.99 Å². The summed E-state index contributed by atoms with van der Waals surface area (Å²) in [6.07, 6.45) is 6.15. The average Bonchev–Trinajstić information content (AvgIpc) is 2.64. The first kappa shape index (κ1) is 22.4. The summed E-state index contributed by atoms with van der Waals surface area (Å²) in [6.45, 7) is 7.48. The summed E-state index contributed by atoms with van der Waals surface area (Å²) in [5.41, 5.74) is 5.22. The van der Waals surface area contributed by atoms with Crippen LogP contribution in [0.1, 0.15) is 47.0 Å². The van der Waals surface area contributed by atoms with Gasteiger partial charge < -0.3 is 14.8 Å². The minimum absolute atomic E-state index is 0.00735. The van der Waals surface area contributed by atoms with E-state index in [1.807, 2.05) is 13.8 Å². The Kier molecular flexibility index (Phi) is 9.90. The molecule has 150 valence electrons. The summed E-state index contributed by atoms with van der Waals surface area (Å²) in [5, 5.41) is 11.4. The minimum atomic E-state index is -0.516. The SMILES string of the molecule is CCOC(=O)C1=C[C@@H](OC(CC)CC)[C@H](NC(C)=O)[C@@H](N=CNNC#N)C1. The molecule has 0 aliphatic heterocycles. The molecular formula is C18H29N5O4. The molecule has 0 unspecified atom stereocenters. The van der Waals surface area contributed by atoms with Gasteiger partial charge in [-0.05, 0) is 25.8 Å². The molecule has 9 nitrogen and oxygen atoms in total. The van der Waals surface area contributed by atoms with Crippen molar-refractivity contribution in [2.45, 2.75) is 71.2 Å². The second-order valence-electron chi connectivity index (χ2n) is 6.11. The standard InChI is InChI=1S/C18H29N5O4/c1-5-14(6-2)27-16-9-13(18(25)26-7-3)8-15(17(16)23-12(4)24)20-11-22-21-10-19/h9,11,14-17,21H,5-8H2,1-4H3,(H,20,22)(H,23,24)/t15-,16+,17+/m0/s1. The van der Waals surface area contributed by atoms with Gasteiger partial charge in [0.25, 0.3) is 0 Å². The predicted molar refractivity (Wildman–Crippen MR) is 100 cm³/mol. The van der Waals surface area contributed by atoms with Crippen LogP contribution in [0.5, 0.6) is 0 Å². The Balaban J connectivity index is 3.16. The van der Waals surface area contributed by atoms with Crippen molar-refractivity contribution in [3.63, 3.8) is 0 Å². The summed E-state index contributed by atoms with van der Waals surface area (Å²) in [5.74, 6) is -0.630. The van der Waals surface area contributed by atoms with Gasteiger partial charge in [-0.1, -0.05) is 13.8 Å². The summed E-state index contributed by atoms with van der Waals surface area (Å²) in [6, 6.07) is -0.896. The maximum Gasteiger partial charge on any atom is 0.333 e. The van der Waals surface area contributed by atoms with Crippen molar-refractivity contribution < 1.29 is 19.1 Å². The number of hydrogen-bond acceptors (Lipinski definition) is 7. The molecule has 0 saturated heterocycles. The second-order valence-corrected chi connectivity index (χ2v) is 6.11. The third-order valence-electron chi connectivity index (χ3n) is 4.19. The van der Waals surface area contributed by atoms with Crippen LogP contribution < -0.4 is 16.2 Å². The number of aliphatic imine (C=N–C) groups is 1. The van der Waals surface area contributed by atoms with E-state index in [-0.39, 0.29) is 25.0 Å². The van der Waals surface area contributed by atoms with Crippen molar-refractivity contribution >= 4 is 18.2 Å². The van der Waals surface area contributed by atoms with Gasteiger partial charge in [0.05, 0.1) is 30.9 Å². The number of hydrazine groups is 1. The number of amides is 1. The molecule has 1 amide bonds. The van der Waals surface area contributed by atoms with E-state index < -0.39 is 24.2 Å². The highest BCUT2D eigenvalue weighted by Crippen LogP contribution is 2.27. The van der Waals surface area contributed by atoms with Crippen molar-refractivity contribution in [3.8, 4) is 6.19 Å². The molecule has 27 heavy (non-hydrogen) atoms. The number of esters is 1. The van der Waals surface area contributed by atoms with Gasteiger partial charge in [0.15, 0.2) is 6.19 Å². The topological polar surface area (TPSA) is 125 Å². The highest BCUT2D eigenvalue weighted by Gasteiger charge is 2.37. The predicted octanol–water partition coefficient (Wildman–Crippen LogP) is 0.930. The van der Waals surface area contributed by atoms with Gasteiger partial charge in [-0.15, -0.1) is 0 Å². The minimum Gasteiger partial charge on any atom is -0.463 e. The maximum absolute atomic E-state index is 12.3. The van der Waals surface area contributed by atoms with E-state index in [1.165, 1.54) is 13.3 Å². The Bertz CT molecular complexity index is 595. The molecular weight excluding hydrogens is 350 g/mol. The normalized spacial score (nSPS) is 22.1. The lowest BCUT2D eigenvalue weighted by molar-refractivity contribution is -0.139. The zero-order chi connectivity index (χ0) is 20.2. The molecule has 0 radical (unpaired) electrons. The quantitative estimate of drug-likeness (QED) is 0.0980. The van der Waals surface area contributed by atoms with Crippen LogP contribution in [-0.2, 0) is 19.1 Å². The first-order chi connectivity index (χ1) is 13.0. The van der Waals surface area contributed by atoms with Crippen LogP contribution in [0.4, 0.5) is 0 Å². The lowest BCUT2D eigenvalue weighted by atomic mass is 9.88. The fourth-order valence-corrected chi connectivity index (χ4v) is 2.90. The highest BCUT2D eigenvalue weighted by atomic mass is 16.5. The lowest BCUT2D eigenvalue weighted by Crippen LogP contribution is -2.53. The van der Waals surface area contributed by atoms with E-state index in [2.05, 4.69) is 21.2 Å². The van der Waals surface area contributed by atoms with Crippen molar-refractivity contribution in [1.29, 1.82) is 5.26 Å². The lowest BCUT2D eigenvalue weighted by Gasteiger charge is -2.36. The first-order valence-corrected chi connectivity index (χ1v) is 9.18. The largest absolute Gasteiger partial charge is 0.463 e. The summed E-state index contributed by atoms with van der Waals surface area (Å²) >= 11 is 0. The second kappa shape index (κ2) is 11.9. The Labute approximate surface area is 160 Å². The first-order valence-electron chi connectivity index (χ1n) is 9.18. The van der Waals surface area contributed by atoms with Crippen LogP contribution in [-0.4, -0.2) is 49.1 Å². The van der Waals surface area contributed by atoms with Gasteiger partial charge in [-0.25, -0.2) is 10.2 Å². The van der Waals surface area contributed by atoms with E-state index in [9.17, 15) is 9.59 Å². The Morgan fingerprint density at radius 2 is 2.11 bits per heavy atom. The van der Waals surface area contributed by atoms with Crippen LogP contribution in [0.2, 0.25) is 0 Å². The smallest absolute Gasteiger partial charge is 0.333 e. The van der Waals surface area contributed by atoms with Crippen molar-refractivity contribution in [3.05, 3.63) is 11.6 Å². The van der Waals surface area contributed by atoms with Crippen LogP contribution in [0.25, 0.3) is 0 Å². The van der Waals surface area contributed by atoms with E-state index in [4.69, 9.17) is 14.7 Å². The fraction of sp³-hybridized carbons (Fsp3) is 0.667. The molecule has 3 atom stereocenters. The molecule has 0 heterocycles. The Morgan fingerprint density at radius 1 is 1.41 bits per heavy atom. The molecule has 0 fully saturated rings. The van der Waals surface area contributed by atoms with Crippen LogP contribution in [0, 0.1) is 11.5 Å². The molecule has 1 aliphatic carbocycles. The van der Waals surface area contributed by atoms with Crippen LogP contribution in [0.15, 0.2) is 16.6 Å². The molecule has 0 aromatic heterocycles. The number of rotatable bonds is 10. The molecule has 0 bridgehead atoms. The molecule has 0 saturated carbocycles. The number of carbonyl (C=O) groups excluding carboxylic acids is 2. The van der Waals surface area contributed by atoms with Gasteiger partial charge in [-0.2, -0.15) is 5.26 Å². The monoisotopic (exact) mass is 379 g/mol. The maximum atomic E-state index is 12.3. The average molecular weight is 379 g/mol. The molecule has 1 aliphatic rings. The third-order valence-corrected chi connectivity index (χ3v) is 4.19. The third kappa shape index (κ3) is 7.27. The van der Waals surface area contributed by atoms with Gasteiger partial charge in [-0.3, -0.25) is 15.2 Å². The van der Waals surface area contributed by atoms with E-state index in [0.29, 0.717) is 5.57 Å². The number of nitrogens with zero attached hydrogens (tertiary/aromatic N) is 2. The zero-order valence-electron chi connectivity index (χ0n) is 16.3. The van der Waals surface area contributed by atoms with Gasteiger partial charge >= 0.3 is 5.97 Å². The summed E-state index contributed by atoms with van der Waals surface area (Å²) in [4.78, 5) is 28.3. The van der Waals surface area contributed by atoms with Gasteiger partial charge in [0.1, 0.15) is 6.34 Å². The molecule has 0 aromatic carbocycles. The molecule has 9 heteroatoms. The van der Waals surface area contributed by atoms with Crippen molar-refractivity contribution in [1.82, 2.24) is 16.2 Å². The summed E-state index contributed by atoms with van der Waals surface area (Å²) < 4.78 is 11.3. The number of nitriles is 1. The Morgan fingerprint density at radius 3 is 2.67 bits per heavy atom. The number of nitrogens with one attached hydrogen (secondary N) is 3. The zero-order valence-corrected chi connectivity index (χ0v) is 16.3. The summed E-state index contributed by atoms with van der Waals surface area (Å²) in [7, 11) is 0. The molecule has 1 rings (SSSR count).